The Morgan fingerprint density at radius 1 is 0.714 bits per heavy atom. The molecule has 3 rings (SSSR count). The second-order valence-electron chi connectivity index (χ2n) is 7.03. The number of ether oxygens (including phenoxy) is 2. The van der Waals surface area contributed by atoms with Gasteiger partial charge in [-0.2, -0.15) is 0 Å². The summed E-state index contributed by atoms with van der Waals surface area (Å²) in [6.07, 6.45) is 0. The predicted octanol–water partition coefficient (Wildman–Crippen LogP) is -0.189. The van der Waals surface area contributed by atoms with Crippen LogP contribution in [0.15, 0.2) is 24.3 Å². The fourth-order valence-electron chi connectivity index (χ4n) is 3.31. The molecule has 8 nitrogen and oxygen atoms in total. The molecule has 0 radical (unpaired) electrons. The molecule has 0 unspecified atom stereocenters. The molecule has 2 aliphatic heterocycles. The maximum Gasteiger partial charge on any atom is 0.338 e. The number of hydrogen-bond donors (Lipinski definition) is 2. The van der Waals surface area contributed by atoms with Gasteiger partial charge in [0.2, 0.25) is 0 Å². The lowest BCUT2D eigenvalue weighted by atomic mass is 10.1. The largest absolute Gasteiger partial charge is 0.461 e. The molecule has 0 saturated carbocycles. The van der Waals surface area contributed by atoms with Crippen LogP contribution < -0.4 is 10.6 Å². The van der Waals surface area contributed by atoms with Crippen LogP contribution in [-0.4, -0.2) is 100 Å². The van der Waals surface area contributed by atoms with Gasteiger partial charge in [0.05, 0.1) is 11.1 Å². The Morgan fingerprint density at radius 3 is 1.43 bits per heavy atom. The van der Waals surface area contributed by atoms with Crippen LogP contribution in [0.3, 0.4) is 0 Å². The third-order valence-corrected chi connectivity index (χ3v) is 5.06. The van der Waals surface area contributed by atoms with Crippen LogP contribution >= 0.6 is 0 Å². The van der Waals surface area contributed by atoms with Gasteiger partial charge < -0.3 is 20.1 Å². The van der Waals surface area contributed by atoms with Crippen molar-refractivity contribution in [2.24, 2.45) is 0 Å². The molecule has 0 spiro atoms. The number of nitrogens with zero attached hydrogens (tertiary/aromatic N) is 2. The highest BCUT2D eigenvalue weighted by Crippen LogP contribution is 2.08. The Kier molecular flexibility index (Phi) is 8.23. The minimum atomic E-state index is -0.367. The number of carbonyl (C=O) groups excluding carboxylic acids is 2. The van der Waals surface area contributed by atoms with E-state index in [1.54, 1.807) is 24.3 Å². The lowest BCUT2D eigenvalue weighted by Crippen LogP contribution is -2.44. The standard InChI is InChI=1S/C20H30N4O4/c25-19(27-15-13-23-9-5-21-6-10-23)17-1-2-18(4-3-17)20(26)28-16-14-24-11-7-22-8-12-24/h1-4,21-22H,5-16H2. The third kappa shape index (κ3) is 6.56. The zero-order valence-corrected chi connectivity index (χ0v) is 16.3. The van der Waals surface area contributed by atoms with Crippen molar-refractivity contribution in [3.05, 3.63) is 35.4 Å². The third-order valence-electron chi connectivity index (χ3n) is 5.06. The maximum atomic E-state index is 12.1. The van der Waals surface area contributed by atoms with Gasteiger partial charge in [-0.1, -0.05) is 0 Å². The van der Waals surface area contributed by atoms with Crippen LogP contribution in [0.4, 0.5) is 0 Å². The number of piperazine rings is 2. The first kappa shape index (κ1) is 20.7. The summed E-state index contributed by atoms with van der Waals surface area (Å²) in [7, 11) is 0. The van der Waals surface area contributed by atoms with E-state index in [-0.39, 0.29) is 11.9 Å². The summed E-state index contributed by atoms with van der Waals surface area (Å²) in [5.74, 6) is -0.734. The van der Waals surface area contributed by atoms with Gasteiger partial charge in [-0.05, 0) is 24.3 Å². The highest BCUT2D eigenvalue weighted by molar-refractivity contribution is 5.93. The Labute approximate surface area is 166 Å². The summed E-state index contributed by atoms with van der Waals surface area (Å²) in [6, 6.07) is 6.44. The fraction of sp³-hybridized carbons (Fsp3) is 0.600. The number of hydrogen-bond acceptors (Lipinski definition) is 8. The molecule has 0 aromatic heterocycles. The predicted molar refractivity (Wildman–Crippen MR) is 106 cm³/mol. The second kappa shape index (κ2) is 11.1. The molecular formula is C20H30N4O4. The van der Waals surface area contributed by atoms with Crippen molar-refractivity contribution < 1.29 is 19.1 Å². The first-order chi connectivity index (χ1) is 13.7. The Balaban J connectivity index is 1.36. The monoisotopic (exact) mass is 390 g/mol. The molecule has 0 bridgehead atoms. The zero-order valence-electron chi connectivity index (χ0n) is 16.3. The molecule has 2 N–H and O–H groups in total. The summed E-state index contributed by atoms with van der Waals surface area (Å²) in [5, 5.41) is 6.58. The minimum Gasteiger partial charge on any atom is -0.461 e. The Hall–Kier alpha value is -2.00. The zero-order chi connectivity index (χ0) is 19.6. The highest BCUT2D eigenvalue weighted by atomic mass is 16.5. The summed E-state index contributed by atoms with van der Waals surface area (Å²) >= 11 is 0. The number of carbonyl (C=O) groups is 2. The van der Waals surface area contributed by atoms with Gasteiger partial charge in [0, 0.05) is 65.4 Å². The summed E-state index contributed by atoms with van der Waals surface area (Å²) in [5.41, 5.74) is 0.885. The molecule has 2 heterocycles. The summed E-state index contributed by atoms with van der Waals surface area (Å²) in [6.45, 7) is 10.0. The first-order valence-electron chi connectivity index (χ1n) is 10.0. The van der Waals surface area contributed by atoms with Crippen molar-refractivity contribution in [1.29, 1.82) is 0 Å². The number of rotatable bonds is 8. The molecule has 1 aromatic rings. The van der Waals surface area contributed by atoms with Crippen molar-refractivity contribution in [2.45, 2.75) is 0 Å². The lowest BCUT2D eigenvalue weighted by Gasteiger charge is -2.26. The average molecular weight is 390 g/mol. The molecule has 2 fully saturated rings. The van der Waals surface area contributed by atoms with Crippen LogP contribution in [0.2, 0.25) is 0 Å². The SMILES string of the molecule is O=C(OCCN1CCNCC1)c1ccc(C(=O)OCCN2CCNCC2)cc1. The van der Waals surface area contributed by atoms with Crippen molar-refractivity contribution in [3.8, 4) is 0 Å². The van der Waals surface area contributed by atoms with Crippen molar-refractivity contribution in [2.75, 3.05) is 78.7 Å². The summed E-state index contributed by atoms with van der Waals surface area (Å²) < 4.78 is 10.7. The molecule has 154 valence electrons. The van der Waals surface area contributed by atoms with Crippen LogP contribution in [0, 0.1) is 0 Å². The fourth-order valence-corrected chi connectivity index (χ4v) is 3.31. The molecule has 8 heteroatoms. The van der Waals surface area contributed by atoms with E-state index in [1.807, 2.05) is 0 Å². The van der Waals surface area contributed by atoms with E-state index in [2.05, 4.69) is 20.4 Å². The molecule has 2 aliphatic rings. The van der Waals surface area contributed by atoms with Crippen molar-refractivity contribution in [3.63, 3.8) is 0 Å². The van der Waals surface area contributed by atoms with Crippen LogP contribution in [-0.2, 0) is 9.47 Å². The van der Waals surface area contributed by atoms with Gasteiger partial charge in [-0.15, -0.1) is 0 Å². The van der Waals surface area contributed by atoms with E-state index in [9.17, 15) is 9.59 Å². The molecule has 2 saturated heterocycles. The molecule has 1 aromatic carbocycles. The van der Waals surface area contributed by atoms with E-state index < -0.39 is 0 Å². The van der Waals surface area contributed by atoms with Gasteiger partial charge >= 0.3 is 11.9 Å². The Morgan fingerprint density at radius 2 is 1.07 bits per heavy atom. The van der Waals surface area contributed by atoms with Crippen molar-refractivity contribution in [1.82, 2.24) is 20.4 Å². The average Bonchev–Trinajstić information content (AvgIpc) is 2.75. The van der Waals surface area contributed by atoms with Gasteiger partial charge in [-0.3, -0.25) is 9.80 Å². The van der Waals surface area contributed by atoms with Crippen LogP contribution in [0.5, 0.6) is 0 Å². The molecule has 0 aliphatic carbocycles. The quantitative estimate of drug-likeness (QED) is 0.591. The topological polar surface area (TPSA) is 83.1 Å². The second-order valence-corrected chi connectivity index (χ2v) is 7.03. The normalized spacial score (nSPS) is 18.6. The van der Waals surface area contributed by atoms with Gasteiger partial charge in [0.25, 0.3) is 0 Å². The molecular weight excluding hydrogens is 360 g/mol. The van der Waals surface area contributed by atoms with Gasteiger partial charge in [0.15, 0.2) is 0 Å². The number of esters is 2. The maximum absolute atomic E-state index is 12.1. The highest BCUT2D eigenvalue weighted by Gasteiger charge is 2.14. The molecule has 0 atom stereocenters. The first-order valence-corrected chi connectivity index (χ1v) is 10.0. The number of benzene rings is 1. The summed E-state index contributed by atoms with van der Waals surface area (Å²) in [4.78, 5) is 28.8. The van der Waals surface area contributed by atoms with Crippen molar-refractivity contribution >= 4 is 11.9 Å². The van der Waals surface area contributed by atoms with E-state index in [1.165, 1.54) is 0 Å². The van der Waals surface area contributed by atoms with Gasteiger partial charge in [0.1, 0.15) is 13.2 Å². The van der Waals surface area contributed by atoms with E-state index in [0.29, 0.717) is 24.3 Å². The Bertz CT molecular complexity index is 571. The number of nitrogens with one attached hydrogen (secondary N) is 2. The minimum absolute atomic E-state index is 0.367. The van der Waals surface area contributed by atoms with Crippen LogP contribution in [0.25, 0.3) is 0 Å². The van der Waals surface area contributed by atoms with E-state index in [0.717, 1.165) is 65.4 Å². The molecule has 28 heavy (non-hydrogen) atoms. The smallest absolute Gasteiger partial charge is 0.338 e. The van der Waals surface area contributed by atoms with E-state index in [4.69, 9.17) is 9.47 Å². The van der Waals surface area contributed by atoms with Crippen LogP contribution in [0.1, 0.15) is 20.7 Å². The van der Waals surface area contributed by atoms with E-state index >= 15 is 0 Å². The molecule has 0 amide bonds. The lowest BCUT2D eigenvalue weighted by molar-refractivity contribution is 0.0442. The van der Waals surface area contributed by atoms with Gasteiger partial charge in [-0.25, -0.2) is 9.59 Å².